The van der Waals surface area contributed by atoms with Crippen LogP contribution in [-0.2, 0) is 42.3 Å². The van der Waals surface area contributed by atoms with Crippen molar-refractivity contribution in [3.63, 3.8) is 0 Å². The fraction of sp³-hybridized carbons (Fsp3) is 0.267. The molecular weight excluding hydrogens is 1170 g/mol. The van der Waals surface area contributed by atoms with Crippen LogP contribution in [0.25, 0.3) is 67.5 Å². The lowest BCUT2D eigenvalue weighted by molar-refractivity contribution is -0.661. The van der Waals surface area contributed by atoms with Gasteiger partial charge in [-0.15, -0.1) is 0 Å². The highest BCUT2D eigenvalue weighted by molar-refractivity contribution is 5.70. The van der Waals surface area contributed by atoms with Crippen molar-refractivity contribution in [2.45, 2.75) is 125 Å². The maximum absolute atomic E-state index is 2.26. The molecule has 0 N–H and O–H groups in total. The van der Waals surface area contributed by atoms with Crippen molar-refractivity contribution in [3.8, 4) is 67.5 Å². The van der Waals surface area contributed by atoms with Gasteiger partial charge in [0.1, 0.15) is 42.3 Å². The third-order valence-electron chi connectivity index (χ3n) is 18.9. The molecular formula is C90H108N6+6. The van der Waals surface area contributed by atoms with E-state index in [-0.39, 0.29) is 0 Å². The summed E-state index contributed by atoms with van der Waals surface area (Å²) in [6.45, 7) is 39.1. The zero-order valence-corrected chi connectivity index (χ0v) is 62.5. The molecule has 6 nitrogen and oxygen atoms in total. The van der Waals surface area contributed by atoms with Gasteiger partial charge in [-0.05, 0) is 239 Å². The Balaban J connectivity index is 0.000000163. The zero-order chi connectivity index (χ0) is 70.2. The largest absolute Gasteiger partial charge is 0.215 e. The minimum Gasteiger partial charge on any atom is -0.201 e. The summed E-state index contributed by atoms with van der Waals surface area (Å²) in [5, 5.41) is 0. The van der Waals surface area contributed by atoms with E-state index in [0.717, 1.165) is 0 Å². The van der Waals surface area contributed by atoms with Crippen molar-refractivity contribution in [2.75, 3.05) is 0 Å². The minimum absolute atomic E-state index is 1.28. The van der Waals surface area contributed by atoms with E-state index >= 15 is 0 Å². The number of aryl methyl sites for hydroxylation is 21. The molecule has 0 fully saturated rings. The predicted octanol–water partition coefficient (Wildman–Crippen LogP) is 18.6. The van der Waals surface area contributed by atoms with Gasteiger partial charge < -0.3 is 0 Å². The van der Waals surface area contributed by atoms with Crippen LogP contribution in [0.5, 0.6) is 0 Å². The first-order chi connectivity index (χ1) is 45.6. The summed E-state index contributed by atoms with van der Waals surface area (Å²) in [7, 11) is 12.6. The first-order valence-corrected chi connectivity index (χ1v) is 33.8. The van der Waals surface area contributed by atoms with Crippen molar-refractivity contribution in [3.05, 3.63) is 319 Å². The lowest BCUT2D eigenvalue weighted by atomic mass is 9.95. The molecule has 0 radical (unpaired) electrons. The topological polar surface area (TPSA) is 23.3 Å². The van der Waals surface area contributed by atoms with Crippen LogP contribution in [-0.4, -0.2) is 0 Å². The van der Waals surface area contributed by atoms with E-state index in [1.165, 1.54) is 168 Å². The molecule has 0 unspecified atom stereocenters. The summed E-state index contributed by atoms with van der Waals surface area (Å²) < 4.78 is 13.1. The van der Waals surface area contributed by atoms with E-state index in [0.29, 0.717) is 0 Å². The van der Waals surface area contributed by atoms with Gasteiger partial charge in [0.15, 0.2) is 37.2 Å². The molecule has 12 rings (SSSR count). The molecule has 6 heteroatoms. The minimum atomic E-state index is 1.28. The van der Waals surface area contributed by atoms with Crippen LogP contribution in [0.4, 0.5) is 0 Å². The lowest BCUT2D eigenvalue weighted by Crippen LogP contribution is -2.32. The van der Waals surface area contributed by atoms with E-state index in [4.69, 9.17) is 0 Å². The first-order valence-electron chi connectivity index (χ1n) is 33.8. The number of hydrogen-bond donors (Lipinski definition) is 0. The summed E-state index contributed by atoms with van der Waals surface area (Å²) >= 11 is 0. The van der Waals surface area contributed by atoms with Crippen molar-refractivity contribution in [1.29, 1.82) is 0 Å². The SMILES string of the molecule is Cc1cc(-c2ccccc2C)[n+](C)cc1C.Cc1cc(C)c(-c2cccc[n+]2C)c(C)c1.Cc1cc(C)c(-c2ccccc2C)[n+](C)c1.Cc1ccc(C)c(-c2cccc[n+]2C)c1C.Cc1ccc(C)c(-c2cccc[n+]2C)c1C.Cc1ccccc1-c1c(C)c(C)cc[n+]1C. The third kappa shape index (κ3) is 18.2. The van der Waals surface area contributed by atoms with Crippen LogP contribution in [0, 0.1) is 125 Å². The number of aromatic nitrogens is 6. The number of benzene rings is 6. The van der Waals surface area contributed by atoms with Crippen LogP contribution in [0.1, 0.15) is 100 Å². The van der Waals surface area contributed by atoms with E-state index in [9.17, 15) is 0 Å². The Morgan fingerprint density at radius 2 is 0.573 bits per heavy atom. The standard InChI is InChI=1S/6C15H18N/c2*1-11-8-9-12(2)15(13(11)3)14-7-5-6-10-16(14)4;1-11-9-12(2)15(13(3)10-11)14-7-5-6-8-16(14)4;1-11-9-13(3)15(16(4)10-11)14-8-6-5-7-12(14)2;1-11-7-5-6-8-14(11)15-9-12(2)13(3)10-16(15)4;1-11-9-10-16(4)15(13(11)3)14-8-6-5-7-12(14)2/h6*5-10H,1-4H3/q6*+1. The van der Waals surface area contributed by atoms with Gasteiger partial charge in [-0.3, -0.25) is 0 Å². The maximum atomic E-state index is 2.26. The van der Waals surface area contributed by atoms with Crippen molar-refractivity contribution in [1.82, 2.24) is 0 Å². The van der Waals surface area contributed by atoms with Gasteiger partial charge in [-0.1, -0.05) is 96.6 Å². The Bertz CT molecular complexity index is 4320. The Morgan fingerprint density at radius 3 is 1.00 bits per heavy atom. The number of hydrogen-bond acceptors (Lipinski definition) is 0. The predicted molar refractivity (Wildman–Crippen MR) is 404 cm³/mol. The third-order valence-corrected chi connectivity index (χ3v) is 18.9. The Morgan fingerprint density at radius 1 is 0.198 bits per heavy atom. The van der Waals surface area contributed by atoms with E-state index in [1.54, 1.807) is 0 Å². The lowest BCUT2D eigenvalue weighted by Gasteiger charge is -2.10. The molecule has 0 saturated carbocycles. The van der Waals surface area contributed by atoms with Gasteiger partial charge in [0.05, 0.1) is 16.7 Å². The number of pyridine rings is 6. The number of rotatable bonds is 6. The van der Waals surface area contributed by atoms with Gasteiger partial charge in [0.2, 0.25) is 34.2 Å². The highest BCUT2D eigenvalue weighted by Gasteiger charge is 2.21. The van der Waals surface area contributed by atoms with Gasteiger partial charge >= 0.3 is 0 Å². The molecule has 0 aliphatic heterocycles. The molecule has 0 aliphatic rings. The monoisotopic (exact) mass is 1270 g/mol. The highest BCUT2D eigenvalue weighted by Crippen LogP contribution is 2.31. The van der Waals surface area contributed by atoms with Crippen LogP contribution in [0.2, 0.25) is 0 Å². The van der Waals surface area contributed by atoms with Gasteiger partial charge in [-0.2, -0.15) is 0 Å². The van der Waals surface area contributed by atoms with Crippen LogP contribution in [0.3, 0.4) is 0 Å². The van der Waals surface area contributed by atoms with Gasteiger partial charge in [-0.25, -0.2) is 27.4 Å². The summed E-state index contributed by atoms with van der Waals surface area (Å²) in [4.78, 5) is 0. The second kappa shape index (κ2) is 33.6. The van der Waals surface area contributed by atoms with Crippen LogP contribution < -0.4 is 27.4 Å². The van der Waals surface area contributed by atoms with Crippen LogP contribution in [0.15, 0.2) is 219 Å². The molecule has 6 heterocycles. The smallest absolute Gasteiger partial charge is 0.201 e. The molecule has 12 aromatic rings. The van der Waals surface area contributed by atoms with Crippen molar-refractivity contribution < 1.29 is 27.4 Å². The van der Waals surface area contributed by atoms with Crippen molar-refractivity contribution >= 4 is 0 Å². The Hall–Kier alpha value is -9.78. The molecule has 0 aliphatic carbocycles. The summed E-state index contributed by atoms with van der Waals surface area (Å²) in [6.07, 6.45) is 12.8. The van der Waals surface area contributed by atoms with Gasteiger partial charge in [0.25, 0.3) is 0 Å². The normalized spacial score (nSPS) is 10.5. The molecule has 96 heavy (non-hydrogen) atoms. The molecule has 0 atom stereocenters. The quantitative estimate of drug-likeness (QED) is 0.148. The highest BCUT2D eigenvalue weighted by atomic mass is 14.9. The molecule has 6 aromatic heterocycles. The molecule has 492 valence electrons. The van der Waals surface area contributed by atoms with Crippen molar-refractivity contribution in [2.24, 2.45) is 42.3 Å². The van der Waals surface area contributed by atoms with E-state index in [1.807, 2.05) is 0 Å². The maximum Gasteiger partial charge on any atom is 0.215 e. The first kappa shape index (κ1) is 73.6. The second-order valence-corrected chi connectivity index (χ2v) is 26.6. The fourth-order valence-corrected chi connectivity index (χ4v) is 13.1. The Labute approximate surface area is 577 Å². The molecule has 0 bridgehead atoms. The summed E-state index contributed by atoms with van der Waals surface area (Å²) in [6, 6.07) is 64.5. The average Bonchev–Trinajstić information content (AvgIpc) is 0.902. The van der Waals surface area contributed by atoms with E-state index < -0.39 is 0 Å². The van der Waals surface area contributed by atoms with Gasteiger partial charge in [0, 0.05) is 87.5 Å². The number of nitrogens with zero attached hydrogens (tertiary/aromatic N) is 6. The molecule has 0 saturated heterocycles. The van der Waals surface area contributed by atoms with E-state index in [2.05, 4.69) is 413 Å². The summed E-state index contributed by atoms with van der Waals surface area (Å²) in [5.74, 6) is 0. The second-order valence-electron chi connectivity index (χ2n) is 26.6. The summed E-state index contributed by atoms with van der Waals surface area (Å²) in [5.41, 5.74) is 39.9. The molecule has 0 spiro atoms. The fourth-order valence-electron chi connectivity index (χ4n) is 13.1. The molecule has 6 aromatic carbocycles. The average molecular weight is 1270 g/mol. The Kier molecular flexibility index (Phi) is 25.7. The van der Waals surface area contributed by atoms with Crippen LogP contribution >= 0.6 is 0 Å². The zero-order valence-electron chi connectivity index (χ0n) is 62.5. The molecule has 0 amide bonds.